The Hall–Kier alpha value is -2.89. The summed E-state index contributed by atoms with van der Waals surface area (Å²) < 4.78 is 51.3. The molecule has 11 heteroatoms. The first-order valence-corrected chi connectivity index (χ1v) is 14.4. The van der Waals surface area contributed by atoms with Gasteiger partial charge in [0.05, 0.1) is 35.8 Å². The summed E-state index contributed by atoms with van der Waals surface area (Å²) >= 11 is 0. The second kappa shape index (κ2) is 11.5. The minimum absolute atomic E-state index is 0.00318. The lowest BCUT2D eigenvalue weighted by Gasteiger charge is -2.41. The molecule has 0 spiro atoms. The van der Waals surface area contributed by atoms with Gasteiger partial charge in [-0.25, -0.2) is 27.1 Å². The molecule has 3 rings (SSSR count). The van der Waals surface area contributed by atoms with E-state index < -0.39 is 45.7 Å². The Bertz CT molecular complexity index is 1290. The first kappa shape index (κ1) is 29.7. The first-order valence-electron chi connectivity index (χ1n) is 12.5. The van der Waals surface area contributed by atoms with Gasteiger partial charge in [-0.1, -0.05) is 32.9 Å². The van der Waals surface area contributed by atoms with Crippen LogP contribution in [0.5, 0.6) is 0 Å². The summed E-state index contributed by atoms with van der Waals surface area (Å²) in [5.74, 6) is -3.12. The van der Waals surface area contributed by atoms with E-state index in [0.29, 0.717) is 35.4 Å². The Kier molecular flexibility index (Phi) is 8.95. The fraction of sp³-hybridized carbons (Fsp3) is 0.519. The quantitative estimate of drug-likeness (QED) is 0.472. The van der Waals surface area contributed by atoms with Crippen LogP contribution in [0.2, 0.25) is 0 Å². The van der Waals surface area contributed by atoms with Gasteiger partial charge in [-0.3, -0.25) is 4.79 Å². The Morgan fingerprint density at radius 2 is 1.87 bits per heavy atom. The summed E-state index contributed by atoms with van der Waals surface area (Å²) in [4.78, 5) is 21.0. The highest BCUT2D eigenvalue weighted by Gasteiger charge is 2.40. The van der Waals surface area contributed by atoms with Crippen molar-refractivity contribution in [1.29, 1.82) is 0 Å². The van der Waals surface area contributed by atoms with Crippen molar-refractivity contribution in [3.8, 4) is 11.3 Å². The number of hydrogen-bond acceptors (Lipinski definition) is 7. The van der Waals surface area contributed by atoms with Crippen molar-refractivity contribution in [2.24, 2.45) is 5.92 Å². The lowest BCUT2D eigenvalue weighted by atomic mass is 9.92. The maximum Gasteiger partial charge on any atom is 0.309 e. The van der Waals surface area contributed by atoms with Crippen LogP contribution in [0.15, 0.2) is 30.3 Å². The Balaban J connectivity index is 2.13. The van der Waals surface area contributed by atoms with E-state index in [1.807, 2.05) is 32.9 Å². The second-order valence-corrected chi connectivity index (χ2v) is 12.2. The summed E-state index contributed by atoms with van der Waals surface area (Å²) in [5.41, 5.74) is 2.25. The first-order chi connectivity index (χ1) is 17.6. The Labute approximate surface area is 223 Å². The van der Waals surface area contributed by atoms with E-state index in [-0.39, 0.29) is 11.9 Å². The van der Waals surface area contributed by atoms with Crippen molar-refractivity contribution in [2.45, 2.75) is 71.4 Å². The van der Waals surface area contributed by atoms with Gasteiger partial charge in [0.1, 0.15) is 5.82 Å². The van der Waals surface area contributed by atoms with Crippen molar-refractivity contribution < 1.29 is 32.2 Å². The number of anilines is 1. The van der Waals surface area contributed by atoms with E-state index in [4.69, 9.17) is 9.47 Å². The molecule has 1 unspecified atom stereocenters. The number of aromatic nitrogens is 2. The van der Waals surface area contributed by atoms with Gasteiger partial charge in [-0.2, -0.15) is 0 Å². The van der Waals surface area contributed by atoms with E-state index in [1.165, 1.54) is 19.2 Å². The minimum atomic E-state index is -3.63. The third-order valence-corrected chi connectivity index (χ3v) is 7.58. The van der Waals surface area contributed by atoms with Crippen LogP contribution >= 0.6 is 0 Å². The fourth-order valence-corrected chi connectivity index (χ4v) is 4.82. The molecule has 0 amide bonds. The number of aliphatic carboxylic acids is 1. The van der Waals surface area contributed by atoms with Gasteiger partial charge in [-0.05, 0) is 50.5 Å². The SMILES string of the molecule is CCC(C(=O)O)[C@H]1C[C@@H](/C=C/c2c(-c3ccc(F)cc3)nc(N(C)S(C)(=O)=O)nc2C(C)C)OC(C)(C)O1. The van der Waals surface area contributed by atoms with Crippen LogP contribution < -0.4 is 4.31 Å². The maximum atomic E-state index is 13.7. The van der Waals surface area contributed by atoms with Crippen LogP contribution in [0, 0.1) is 11.7 Å². The molecule has 0 radical (unpaired) electrons. The molecule has 38 heavy (non-hydrogen) atoms. The monoisotopic (exact) mass is 549 g/mol. The predicted octanol–water partition coefficient (Wildman–Crippen LogP) is 4.84. The van der Waals surface area contributed by atoms with Crippen molar-refractivity contribution in [2.75, 3.05) is 17.6 Å². The molecule has 1 aliphatic rings. The number of rotatable bonds is 9. The molecule has 0 aliphatic carbocycles. The Morgan fingerprint density at radius 3 is 2.39 bits per heavy atom. The van der Waals surface area contributed by atoms with Gasteiger partial charge in [0.15, 0.2) is 5.79 Å². The van der Waals surface area contributed by atoms with Gasteiger partial charge in [-0.15, -0.1) is 0 Å². The number of carboxylic acid groups (broad SMARTS) is 1. The summed E-state index contributed by atoms with van der Waals surface area (Å²) in [6.45, 7) is 9.17. The molecule has 2 aromatic rings. The minimum Gasteiger partial charge on any atom is -0.481 e. The molecule has 2 heterocycles. The normalized spacial score (nSPS) is 20.6. The summed E-state index contributed by atoms with van der Waals surface area (Å²) in [5, 5.41) is 9.67. The van der Waals surface area contributed by atoms with E-state index in [1.54, 1.807) is 26.0 Å². The zero-order valence-corrected chi connectivity index (χ0v) is 23.6. The molecule has 9 nitrogen and oxygen atoms in total. The largest absolute Gasteiger partial charge is 0.481 e. The number of hydrogen-bond donors (Lipinski definition) is 1. The highest BCUT2D eigenvalue weighted by atomic mass is 32.2. The molecule has 0 bridgehead atoms. The van der Waals surface area contributed by atoms with Crippen LogP contribution in [0.1, 0.15) is 64.6 Å². The molecule has 0 saturated carbocycles. The van der Waals surface area contributed by atoms with Crippen molar-refractivity contribution in [1.82, 2.24) is 9.97 Å². The molecule has 1 aliphatic heterocycles. The van der Waals surface area contributed by atoms with Crippen molar-refractivity contribution in [3.63, 3.8) is 0 Å². The summed E-state index contributed by atoms with van der Waals surface area (Å²) in [7, 11) is -2.26. The van der Waals surface area contributed by atoms with Gasteiger partial charge < -0.3 is 14.6 Å². The summed E-state index contributed by atoms with van der Waals surface area (Å²) in [6.07, 6.45) is 4.45. The van der Waals surface area contributed by atoms with Crippen molar-refractivity contribution in [3.05, 3.63) is 47.4 Å². The molecule has 3 atom stereocenters. The zero-order valence-electron chi connectivity index (χ0n) is 22.8. The van der Waals surface area contributed by atoms with Crippen LogP contribution in [0.4, 0.5) is 10.3 Å². The van der Waals surface area contributed by atoms with Crippen LogP contribution in [-0.2, 0) is 24.3 Å². The van der Waals surface area contributed by atoms with Crippen LogP contribution in [0.25, 0.3) is 17.3 Å². The number of ether oxygens (including phenoxy) is 2. The number of sulfonamides is 1. The van der Waals surface area contributed by atoms with E-state index in [2.05, 4.69) is 9.97 Å². The van der Waals surface area contributed by atoms with Gasteiger partial charge >= 0.3 is 5.97 Å². The molecule has 1 N–H and O–H groups in total. The topological polar surface area (TPSA) is 119 Å². The molecular formula is C27H36FN3O6S. The third-order valence-electron chi connectivity index (χ3n) is 6.43. The lowest BCUT2D eigenvalue weighted by molar-refractivity contribution is -0.298. The van der Waals surface area contributed by atoms with Gasteiger partial charge in [0.25, 0.3) is 0 Å². The molecule has 1 aromatic heterocycles. The average Bonchev–Trinajstić information content (AvgIpc) is 2.81. The molecule has 1 saturated heterocycles. The second-order valence-electron chi connectivity index (χ2n) is 10.2. The number of carboxylic acids is 1. The number of halogens is 1. The molecule has 1 fully saturated rings. The number of benzene rings is 1. The van der Waals surface area contributed by atoms with E-state index in [9.17, 15) is 22.7 Å². The smallest absolute Gasteiger partial charge is 0.309 e. The molecule has 1 aromatic carbocycles. The molecule has 208 valence electrons. The van der Waals surface area contributed by atoms with Crippen molar-refractivity contribution >= 4 is 28.0 Å². The standard InChI is InChI=1S/C27H36FN3O6S/c1-8-20(25(32)33)22-15-19(36-27(4,5)37-22)13-14-21-23(16(2)3)29-26(31(6)38(7,34)35)30-24(21)17-9-11-18(28)12-10-17/h9-14,16,19-20,22H,8,15H2,1-7H3,(H,32,33)/b14-13+/t19-,20?,22-/m1/s1. The number of carbonyl (C=O) groups is 1. The summed E-state index contributed by atoms with van der Waals surface area (Å²) in [6, 6.07) is 5.77. The van der Waals surface area contributed by atoms with Gasteiger partial charge in [0, 0.05) is 24.6 Å². The maximum absolute atomic E-state index is 13.7. The lowest BCUT2D eigenvalue weighted by Crippen LogP contribution is -2.48. The fourth-order valence-electron chi connectivity index (χ4n) is 4.44. The van der Waals surface area contributed by atoms with Crippen LogP contribution in [0.3, 0.4) is 0 Å². The highest BCUT2D eigenvalue weighted by molar-refractivity contribution is 7.92. The molecular weight excluding hydrogens is 513 g/mol. The van der Waals surface area contributed by atoms with E-state index in [0.717, 1.165) is 10.6 Å². The predicted molar refractivity (Wildman–Crippen MR) is 144 cm³/mol. The van der Waals surface area contributed by atoms with Crippen LogP contribution in [-0.4, -0.2) is 60.8 Å². The van der Waals surface area contributed by atoms with E-state index >= 15 is 0 Å². The van der Waals surface area contributed by atoms with Gasteiger partial charge in [0.2, 0.25) is 16.0 Å². The Morgan fingerprint density at radius 1 is 1.24 bits per heavy atom. The number of nitrogens with zero attached hydrogens (tertiary/aromatic N) is 3. The third kappa shape index (κ3) is 6.95. The zero-order chi connectivity index (χ0) is 28.4. The average molecular weight is 550 g/mol. The highest BCUT2D eigenvalue weighted by Crippen LogP contribution is 2.35.